The molecular weight excluding hydrogens is 169 g/mol. The van der Waals surface area contributed by atoms with Crippen molar-refractivity contribution in [2.45, 2.75) is 13.5 Å². The summed E-state index contributed by atoms with van der Waals surface area (Å²) in [6.45, 7) is 0.466. The molecule has 1 rings (SSSR count). The van der Waals surface area contributed by atoms with Crippen LogP contribution in [0.3, 0.4) is 0 Å². The van der Waals surface area contributed by atoms with E-state index < -0.39 is 29.6 Å². The second-order valence-corrected chi connectivity index (χ2v) is 2.44. The summed E-state index contributed by atoms with van der Waals surface area (Å²) < 4.78 is 38.1. The Morgan fingerprint density at radius 1 is 1.25 bits per heavy atom. The number of aliphatic hydroxyl groups is 1. The van der Waals surface area contributed by atoms with Crippen LogP contribution in [0.1, 0.15) is 11.1 Å². The van der Waals surface area contributed by atoms with Crippen molar-refractivity contribution in [3.8, 4) is 0 Å². The van der Waals surface area contributed by atoms with Crippen LogP contribution in [0.15, 0.2) is 6.07 Å². The second-order valence-electron chi connectivity index (χ2n) is 2.44. The van der Waals surface area contributed by atoms with E-state index in [4.69, 9.17) is 5.11 Å². The topological polar surface area (TPSA) is 20.2 Å². The third-order valence-corrected chi connectivity index (χ3v) is 1.59. The Bertz CT molecular complexity index is 283. The number of halogens is 3. The number of benzene rings is 1. The molecular formula is C8H7F3O. The number of hydrogen-bond acceptors (Lipinski definition) is 1. The summed E-state index contributed by atoms with van der Waals surface area (Å²) >= 11 is 0. The van der Waals surface area contributed by atoms with E-state index in [-0.39, 0.29) is 5.56 Å². The second kappa shape index (κ2) is 3.15. The van der Waals surface area contributed by atoms with Gasteiger partial charge in [0.25, 0.3) is 0 Å². The molecule has 0 unspecified atom stereocenters. The van der Waals surface area contributed by atoms with E-state index >= 15 is 0 Å². The third-order valence-electron chi connectivity index (χ3n) is 1.59. The van der Waals surface area contributed by atoms with Gasteiger partial charge in [-0.25, -0.2) is 13.2 Å². The van der Waals surface area contributed by atoms with Crippen LogP contribution in [0, 0.1) is 24.4 Å². The lowest BCUT2D eigenvalue weighted by molar-refractivity contribution is 0.265. The van der Waals surface area contributed by atoms with Crippen molar-refractivity contribution >= 4 is 0 Å². The van der Waals surface area contributed by atoms with Crippen LogP contribution >= 0.6 is 0 Å². The van der Waals surface area contributed by atoms with Gasteiger partial charge in [-0.15, -0.1) is 0 Å². The average Bonchev–Trinajstić information content (AvgIpc) is 2.02. The lowest BCUT2D eigenvalue weighted by Crippen LogP contribution is -2.01. The van der Waals surface area contributed by atoms with Crippen LogP contribution in [-0.4, -0.2) is 5.11 Å². The summed E-state index contributed by atoms with van der Waals surface area (Å²) in [5.74, 6) is -3.35. The van der Waals surface area contributed by atoms with Gasteiger partial charge < -0.3 is 5.11 Å². The van der Waals surface area contributed by atoms with E-state index in [1.54, 1.807) is 0 Å². The molecule has 0 amide bonds. The van der Waals surface area contributed by atoms with Gasteiger partial charge in [-0.2, -0.15) is 0 Å². The monoisotopic (exact) mass is 176 g/mol. The molecule has 12 heavy (non-hydrogen) atoms. The van der Waals surface area contributed by atoms with Crippen molar-refractivity contribution in [2.24, 2.45) is 0 Å². The Labute approximate surface area is 67.5 Å². The van der Waals surface area contributed by atoms with Crippen molar-refractivity contribution in [1.82, 2.24) is 0 Å². The molecule has 0 bridgehead atoms. The highest BCUT2D eigenvalue weighted by Gasteiger charge is 2.15. The molecule has 0 aliphatic rings. The first-order valence-electron chi connectivity index (χ1n) is 3.31. The van der Waals surface area contributed by atoms with Gasteiger partial charge in [0, 0.05) is 0 Å². The Morgan fingerprint density at radius 2 is 1.83 bits per heavy atom. The number of aliphatic hydroxyl groups excluding tert-OH is 1. The van der Waals surface area contributed by atoms with E-state index in [0.29, 0.717) is 0 Å². The summed E-state index contributed by atoms with van der Waals surface area (Å²) in [6.07, 6.45) is 0. The Kier molecular flexibility index (Phi) is 2.38. The van der Waals surface area contributed by atoms with Gasteiger partial charge >= 0.3 is 0 Å². The maximum absolute atomic E-state index is 12.9. The van der Waals surface area contributed by atoms with Gasteiger partial charge in [-0.3, -0.25) is 0 Å². The summed E-state index contributed by atoms with van der Waals surface area (Å²) in [4.78, 5) is 0. The van der Waals surface area contributed by atoms with E-state index in [9.17, 15) is 13.2 Å². The van der Waals surface area contributed by atoms with Crippen molar-refractivity contribution in [3.63, 3.8) is 0 Å². The Morgan fingerprint density at radius 3 is 2.33 bits per heavy atom. The normalized spacial score (nSPS) is 10.4. The molecule has 1 aromatic rings. The molecule has 1 nitrogen and oxygen atoms in total. The smallest absolute Gasteiger partial charge is 0.167 e. The van der Waals surface area contributed by atoms with Gasteiger partial charge in [-0.1, -0.05) is 0 Å². The zero-order chi connectivity index (χ0) is 9.30. The Hall–Kier alpha value is -1.03. The zero-order valence-corrected chi connectivity index (χ0v) is 6.37. The third kappa shape index (κ3) is 1.30. The molecule has 0 heterocycles. The van der Waals surface area contributed by atoms with Gasteiger partial charge in [0.15, 0.2) is 11.6 Å². The molecule has 0 fully saturated rings. The highest BCUT2D eigenvalue weighted by Crippen LogP contribution is 2.19. The summed E-state index contributed by atoms with van der Waals surface area (Å²) in [7, 11) is 0. The van der Waals surface area contributed by atoms with Crippen LogP contribution in [0.25, 0.3) is 0 Å². The SMILES string of the molecule is Cc1cc(F)c(F)c(CO)c1F. The van der Waals surface area contributed by atoms with Crippen LogP contribution < -0.4 is 0 Å². The fraction of sp³-hybridized carbons (Fsp3) is 0.250. The summed E-state index contributed by atoms with van der Waals surface area (Å²) in [6, 6.07) is 0.754. The van der Waals surface area contributed by atoms with Crippen molar-refractivity contribution in [3.05, 3.63) is 34.6 Å². The van der Waals surface area contributed by atoms with E-state index in [1.165, 1.54) is 6.92 Å². The summed E-state index contributed by atoms with van der Waals surface area (Å²) in [5.41, 5.74) is -0.634. The van der Waals surface area contributed by atoms with Gasteiger partial charge in [0.1, 0.15) is 5.82 Å². The molecule has 0 radical (unpaired) electrons. The fourth-order valence-corrected chi connectivity index (χ4v) is 0.934. The van der Waals surface area contributed by atoms with Crippen LogP contribution in [0.2, 0.25) is 0 Å². The van der Waals surface area contributed by atoms with Gasteiger partial charge in [0.2, 0.25) is 0 Å². The Balaban J connectivity index is 3.42. The maximum Gasteiger partial charge on any atom is 0.167 e. The first-order valence-corrected chi connectivity index (χ1v) is 3.31. The highest BCUT2D eigenvalue weighted by atomic mass is 19.2. The number of aryl methyl sites for hydroxylation is 1. The predicted octanol–water partition coefficient (Wildman–Crippen LogP) is 1.90. The van der Waals surface area contributed by atoms with Gasteiger partial charge in [0.05, 0.1) is 12.2 Å². The molecule has 0 aromatic heterocycles. The zero-order valence-electron chi connectivity index (χ0n) is 6.37. The first kappa shape index (κ1) is 9.06. The molecule has 0 spiro atoms. The molecule has 0 atom stereocenters. The molecule has 0 aliphatic heterocycles. The van der Waals surface area contributed by atoms with Crippen LogP contribution in [0.5, 0.6) is 0 Å². The van der Waals surface area contributed by atoms with Crippen molar-refractivity contribution < 1.29 is 18.3 Å². The maximum atomic E-state index is 12.9. The van der Waals surface area contributed by atoms with E-state index in [1.807, 2.05) is 0 Å². The molecule has 0 saturated carbocycles. The van der Waals surface area contributed by atoms with Crippen LogP contribution in [-0.2, 0) is 6.61 Å². The van der Waals surface area contributed by atoms with Crippen LogP contribution in [0.4, 0.5) is 13.2 Å². The minimum atomic E-state index is -1.32. The first-order chi connectivity index (χ1) is 5.57. The van der Waals surface area contributed by atoms with Crippen molar-refractivity contribution in [1.29, 1.82) is 0 Å². The fourth-order valence-electron chi connectivity index (χ4n) is 0.934. The predicted molar refractivity (Wildman–Crippen MR) is 37.0 cm³/mol. The largest absolute Gasteiger partial charge is 0.391 e. The minimum absolute atomic E-state index is 0.0158. The quantitative estimate of drug-likeness (QED) is 0.648. The highest BCUT2D eigenvalue weighted by molar-refractivity contribution is 5.27. The molecule has 66 valence electrons. The van der Waals surface area contributed by atoms with Crippen molar-refractivity contribution in [2.75, 3.05) is 0 Å². The minimum Gasteiger partial charge on any atom is -0.391 e. The molecule has 1 N–H and O–H groups in total. The van der Waals surface area contributed by atoms with E-state index in [0.717, 1.165) is 6.07 Å². The molecule has 0 aliphatic carbocycles. The molecule has 4 heteroatoms. The molecule has 0 saturated heterocycles. The van der Waals surface area contributed by atoms with E-state index in [2.05, 4.69) is 0 Å². The number of hydrogen-bond donors (Lipinski definition) is 1. The number of rotatable bonds is 1. The lowest BCUT2D eigenvalue weighted by atomic mass is 10.1. The standard InChI is InChI=1S/C8H7F3O/c1-4-2-6(9)8(11)5(3-12)7(4)10/h2,12H,3H2,1H3. The van der Waals surface area contributed by atoms with Gasteiger partial charge in [-0.05, 0) is 18.6 Å². The lowest BCUT2D eigenvalue weighted by Gasteiger charge is -2.04. The molecule has 1 aromatic carbocycles. The average molecular weight is 176 g/mol. The summed E-state index contributed by atoms with van der Waals surface area (Å²) in [5, 5.41) is 8.50.